The summed E-state index contributed by atoms with van der Waals surface area (Å²) >= 11 is 0. The van der Waals surface area contributed by atoms with Crippen molar-refractivity contribution < 1.29 is 5.21 Å². The van der Waals surface area contributed by atoms with Crippen molar-refractivity contribution in [2.24, 2.45) is 10.9 Å². The average Bonchev–Trinajstić information content (AvgIpc) is 2.36. The topological polar surface area (TPSA) is 70.6 Å². The maximum Gasteiger partial charge on any atom is 0.139 e. The third kappa shape index (κ3) is 4.34. The van der Waals surface area contributed by atoms with Gasteiger partial charge in [0.2, 0.25) is 0 Å². The fourth-order valence-electron chi connectivity index (χ4n) is 1.71. The summed E-state index contributed by atoms with van der Waals surface area (Å²) in [5.74, 6) is 0.282. The number of amidine groups is 1. The van der Waals surface area contributed by atoms with Crippen molar-refractivity contribution in [2.45, 2.75) is 33.1 Å². The van der Waals surface area contributed by atoms with Crippen LogP contribution in [0.15, 0.2) is 23.4 Å². The molecule has 4 nitrogen and oxygen atoms in total. The van der Waals surface area contributed by atoms with Crippen LogP contribution < -0.4 is 11.1 Å². The van der Waals surface area contributed by atoms with E-state index in [2.05, 4.69) is 42.5 Å². The summed E-state index contributed by atoms with van der Waals surface area (Å²) in [4.78, 5) is 0. The molecule has 0 bridgehead atoms. The highest BCUT2D eigenvalue weighted by atomic mass is 16.4. The van der Waals surface area contributed by atoms with Crippen LogP contribution in [0.2, 0.25) is 0 Å². The van der Waals surface area contributed by atoms with Gasteiger partial charge in [0, 0.05) is 18.7 Å². The third-order valence-electron chi connectivity index (χ3n) is 2.80. The first-order valence-corrected chi connectivity index (χ1v) is 5.97. The maximum absolute atomic E-state index is 8.39. The molecule has 0 radical (unpaired) electrons. The minimum absolute atomic E-state index is 0.282. The third-order valence-corrected chi connectivity index (χ3v) is 2.80. The Morgan fingerprint density at radius 1 is 1.47 bits per heavy atom. The van der Waals surface area contributed by atoms with E-state index in [1.807, 2.05) is 0 Å². The van der Waals surface area contributed by atoms with E-state index < -0.39 is 0 Å². The number of aryl methyl sites for hydroxylation is 2. The SMILES string of the molecule is CCc1cc(NCCC/C(N)=N/O)ccc1C. The van der Waals surface area contributed by atoms with Gasteiger partial charge >= 0.3 is 0 Å². The number of nitrogens with zero attached hydrogens (tertiary/aromatic N) is 1. The Hall–Kier alpha value is -1.71. The van der Waals surface area contributed by atoms with Crippen LogP contribution in [0.5, 0.6) is 0 Å². The summed E-state index contributed by atoms with van der Waals surface area (Å²) in [6.45, 7) is 5.11. The second-order valence-electron chi connectivity index (χ2n) is 4.12. The molecule has 4 heteroatoms. The van der Waals surface area contributed by atoms with Crippen molar-refractivity contribution in [1.82, 2.24) is 0 Å². The van der Waals surface area contributed by atoms with Crippen LogP contribution in [0.1, 0.15) is 30.9 Å². The Labute approximate surface area is 103 Å². The number of nitrogens with one attached hydrogen (secondary N) is 1. The zero-order valence-corrected chi connectivity index (χ0v) is 10.5. The summed E-state index contributed by atoms with van der Waals surface area (Å²) in [7, 11) is 0. The summed E-state index contributed by atoms with van der Waals surface area (Å²) in [5, 5.41) is 14.7. The summed E-state index contributed by atoms with van der Waals surface area (Å²) in [6.07, 6.45) is 2.51. The van der Waals surface area contributed by atoms with E-state index in [9.17, 15) is 0 Å². The Morgan fingerprint density at radius 2 is 2.24 bits per heavy atom. The van der Waals surface area contributed by atoms with Gasteiger partial charge in [0.25, 0.3) is 0 Å². The lowest BCUT2D eigenvalue weighted by atomic mass is 10.1. The molecule has 1 aromatic carbocycles. The molecule has 0 heterocycles. The van der Waals surface area contributed by atoms with E-state index in [4.69, 9.17) is 10.9 Å². The monoisotopic (exact) mass is 235 g/mol. The predicted molar refractivity (Wildman–Crippen MR) is 71.7 cm³/mol. The highest BCUT2D eigenvalue weighted by Gasteiger charge is 1.98. The van der Waals surface area contributed by atoms with E-state index in [0.29, 0.717) is 6.42 Å². The molecule has 1 aromatic rings. The van der Waals surface area contributed by atoms with Crippen LogP contribution in [0, 0.1) is 6.92 Å². The summed E-state index contributed by atoms with van der Waals surface area (Å²) < 4.78 is 0. The molecular weight excluding hydrogens is 214 g/mol. The highest BCUT2D eigenvalue weighted by Crippen LogP contribution is 2.15. The fourth-order valence-corrected chi connectivity index (χ4v) is 1.71. The molecule has 0 unspecified atom stereocenters. The molecule has 0 aliphatic carbocycles. The van der Waals surface area contributed by atoms with Crippen LogP contribution in [-0.4, -0.2) is 17.6 Å². The molecule has 4 N–H and O–H groups in total. The molecule has 0 amide bonds. The lowest BCUT2D eigenvalue weighted by Crippen LogP contribution is -2.13. The van der Waals surface area contributed by atoms with Gasteiger partial charge < -0.3 is 16.3 Å². The van der Waals surface area contributed by atoms with Crippen molar-refractivity contribution in [3.63, 3.8) is 0 Å². The molecule has 94 valence electrons. The molecule has 0 aliphatic heterocycles. The molecule has 0 atom stereocenters. The van der Waals surface area contributed by atoms with Crippen molar-refractivity contribution in [3.8, 4) is 0 Å². The Bertz CT molecular complexity index is 388. The smallest absolute Gasteiger partial charge is 0.139 e. The number of rotatable bonds is 6. The number of hydrogen-bond acceptors (Lipinski definition) is 3. The van der Waals surface area contributed by atoms with Crippen LogP contribution in [-0.2, 0) is 6.42 Å². The largest absolute Gasteiger partial charge is 0.409 e. The van der Waals surface area contributed by atoms with Gasteiger partial charge in [0.05, 0.1) is 0 Å². The van der Waals surface area contributed by atoms with Crippen LogP contribution >= 0.6 is 0 Å². The van der Waals surface area contributed by atoms with Gasteiger partial charge in [-0.05, 0) is 43.0 Å². The minimum Gasteiger partial charge on any atom is -0.409 e. The standard InChI is InChI=1S/C13H21N3O/c1-3-11-9-12(7-6-10(11)2)15-8-4-5-13(14)16-17/h6-7,9,15,17H,3-5,8H2,1-2H3,(H2,14,16). The number of oxime groups is 1. The molecule has 0 saturated carbocycles. The van der Waals surface area contributed by atoms with E-state index >= 15 is 0 Å². The molecule has 0 aromatic heterocycles. The number of benzene rings is 1. The summed E-state index contributed by atoms with van der Waals surface area (Å²) in [5.41, 5.74) is 9.22. The van der Waals surface area contributed by atoms with E-state index in [0.717, 1.165) is 25.1 Å². The van der Waals surface area contributed by atoms with Crippen molar-refractivity contribution in [3.05, 3.63) is 29.3 Å². The Kier molecular flexibility index (Phi) is 5.33. The quantitative estimate of drug-likeness (QED) is 0.233. The number of hydrogen-bond donors (Lipinski definition) is 3. The fraction of sp³-hybridized carbons (Fsp3) is 0.462. The molecule has 0 fully saturated rings. The zero-order chi connectivity index (χ0) is 12.7. The van der Waals surface area contributed by atoms with Crippen molar-refractivity contribution in [1.29, 1.82) is 0 Å². The summed E-state index contributed by atoms with van der Waals surface area (Å²) in [6, 6.07) is 6.39. The van der Waals surface area contributed by atoms with Gasteiger partial charge in [-0.25, -0.2) is 0 Å². The van der Waals surface area contributed by atoms with E-state index in [-0.39, 0.29) is 5.84 Å². The van der Waals surface area contributed by atoms with Crippen molar-refractivity contribution >= 4 is 11.5 Å². The highest BCUT2D eigenvalue weighted by molar-refractivity contribution is 5.79. The van der Waals surface area contributed by atoms with Crippen molar-refractivity contribution in [2.75, 3.05) is 11.9 Å². The molecule has 0 aliphatic rings. The van der Waals surface area contributed by atoms with Gasteiger partial charge in [-0.3, -0.25) is 0 Å². The predicted octanol–water partition coefficient (Wildman–Crippen LogP) is 2.50. The molecule has 17 heavy (non-hydrogen) atoms. The first kappa shape index (κ1) is 13.4. The lowest BCUT2D eigenvalue weighted by molar-refractivity contribution is 0.316. The van der Waals surface area contributed by atoms with Gasteiger partial charge in [-0.1, -0.05) is 18.1 Å². The first-order chi connectivity index (χ1) is 8.17. The Balaban J connectivity index is 2.42. The average molecular weight is 235 g/mol. The van der Waals surface area contributed by atoms with E-state index in [1.165, 1.54) is 11.1 Å². The maximum atomic E-state index is 8.39. The van der Waals surface area contributed by atoms with Crippen LogP contribution in [0.25, 0.3) is 0 Å². The molecule has 1 rings (SSSR count). The van der Waals surface area contributed by atoms with Gasteiger partial charge in [-0.2, -0.15) is 0 Å². The van der Waals surface area contributed by atoms with E-state index in [1.54, 1.807) is 0 Å². The first-order valence-electron chi connectivity index (χ1n) is 5.97. The minimum atomic E-state index is 0.282. The van der Waals surface area contributed by atoms with Crippen LogP contribution in [0.4, 0.5) is 5.69 Å². The van der Waals surface area contributed by atoms with Gasteiger partial charge in [0.1, 0.15) is 5.84 Å². The second kappa shape index (κ2) is 6.78. The van der Waals surface area contributed by atoms with Gasteiger partial charge in [0.15, 0.2) is 0 Å². The molecule has 0 saturated heterocycles. The Morgan fingerprint density at radius 3 is 2.88 bits per heavy atom. The molecular formula is C13H21N3O. The number of anilines is 1. The number of nitrogens with two attached hydrogens (primary N) is 1. The molecule has 0 spiro atoms. The zero-order valence-electron chi connectivity index (χ0n) is 10.5. The normalized spacial score (nSPS) is 11.5. The lowest BCUT2D eigenvalue weighted by Gasteiger charge is -2.09. The second-order valence-corrected chi connectivity index (χ2v) is 4.12. The van der Waals surface area contributed by atoms with Crippen LogP contribution in [0.3, 0.4) is 0 Å². The van der Waals surface area contributed by atoms with Gasteiger partial charge in [-0.15, -0.1) is 0 Å².